The SMILES string of the molecule is Fc1[c]c(Cl)c(-c2ccc(F)cc2Cl)cc1. The van der Waals surface area contributed by atoms with E-state index in [1.165, 1.54) is 30.3 Å². The molecular formula is C12H5Cl2F2. The van der Waals surface area contributed by atoms with Crippen molar-refractivity contribution >= 4 is 23.2 Å². The number of hydrogen-bond donors (Lipinski definition) is 0. The molecule has 0 unspecified atom stereocenters. The summed E-state index contributed by atoms with van der Waals surface area (Å²) in [5, 5.41) is 0.343. The molecule has 0 amide bonds. The van der Waals surface area contributed by atoms with Gasteiger partial charge in [-0.25, -0.2) is 8.78 Å². The average molecular weight is 258 g/mol. The van der Waals surface area contributed by atoms with E-state index < -0.39 is 11.6 Å². The Morgan fingerprint density at radius 1 is 0.938 bits per heavy atom. The topological polar surface area (TPSA) is 0 Å². The monoisotopic (exact) mass is 257 g/mol. The molecule has 0 aromatic heterocycles. The molecule has 4 heteroatoms. The predicted octanol–water partition coefficient (Wildman–Crippen LogP) is 4.74. The number of rotatable bonds is 1. The maximum absolute atomic E-state index is 12.8. The van der Waals surface area contributed by atoms with Crippen LogP contribution >= 0.6 is 23.2 Å². The Kier molecular flexibility index (Phi) is 3.13. The molecule has 2 aromatic carbocycles. The largest absolute Gasteiger partial charge is 0.207 e. The van der Waals surface area contributed by atoms with Crippen LogP contribution in [0.25, 0.3) is 11.1 Å². The van der Waals surface area contributed by atoms with Crippen LogP contribution in [-0.2, 0) is 0 Å². The Labute approximate surface area is 101 Å². The maximum atomic E-state index is 12.8. The van der Waals surface area contributed by atoms with Gasteiger partial charge in [0, 0.05) is 17.2 Å². The zero-order valence-electron chi connectivity index (χ0n) is 7.90. The lowest BCUT2D eigenvalue weighted by molar-refractivity contribution is 0.625. The third-order valence-corrected chi connectivity index (χ3v) is 2.69. The van der Waals surface area contributed by atoms with Crippen LogP contribution in [0.3, 0.4) is 0 Å². The molecule has 2 rings (SSSR count). The van der Waals surface area contributed by atoms with Crippen molar-refractivity contribution in [3.05, 3.63) is 58.1 Å². The summed E-state index contributed by atoms with van der Waals surface area (Å²) in [5.74, 6) is -0.983. The van der Waals surface area contributed by atoms with Crippen LogP contribution in [0.4, 0.5) is 8.78 Å². The number of hydrogen-bond acceptors (Lipinski definition) is 0. The molecule has 0 atom stereocenters. The summed E-state index contributed by atoms with van der Waals surface area (Å²) in [6.45, 7) is 0. The second kappa shape index (κ2) is 4.40. The zero-order valence-corrected chi connectivity index (χ0v) is 9.41. The summed E-state index contributed by atoms with van der Waals surface area (Å²) in [6, 6.07) is 8.96. The molecule has 0 nitrogen and oxygen atoms in total. The quantitative estimate of drug-likeness (QED) is 0.693. The van der Waals surface area contributed by atoms with Crippen LogP contribution < -0.4 is 0 Å². The van der Waals surface area contributed by atoms with Gasteiger partial charge in [0.2, 0.25) is 0 Å². The third-order valence-electron chi connectivity index (χ3n) is 2.08. The molecule has 0 aliphatic rings. The van der Waals surface area contributed by atoms with Crippen molar-refractivity contribution in [2.45, 2.75) is 0 Å². The van der Waals surface area contributed by atoms with Crippen molar-refractivity contribution in [3.8, 4) is 11.1 Å². The lowest BCUT2D eigenvalue weighted by Gasteiger charge is -2.06. The summed E-state index contributed by atoms with van der Waals surface area (Å²) < 4.78 is 25.6. The van der Waals surface area contributed by atoms with Crippen LogP contribution in [0.15, 0.2) is 30.3 Å². The molecule has 0 heterocycles. The van der Waals surface area contributed by atoms with Crippen molar-refractivity contribution in [1.82, 2.24) is 0 Å². The Bertz CT molecular complexity index is 489. The fraction of sp³-hybridized carbons (Fsp3) is 0. The Morgan fingerprint density at radius 3 is 2.25 bits per heavy atom. The van der Waals surface area contributed by atoms with Gasteiger partial charge in [-0.2, -0.15) is 0 Å². The van der Waals surface area contributed by atoms with Crippen LogP contribution in [0.2, 0.25) is 10.0 Å². The highest BCUT2D eigenvalue weighted by Gasteiger charge is 2.09. The fourth-order valence-corrected chi connectivity index (χ4v) is 1.88. The first kappa shape index (κ1) is 11.4. The normalized spacial score (nSPS) is 10.5. The summed E-state index contributed by atoms with van der Waals surface area (Å²) in [7, 11) is 0. The minimum atomic E-state index is -0.549. The van der Waals surface area contributed by atoms with E-state index in [1.54, 1.807) is 0 Å². The highest BCUT2D eigenvalue weighted by molar-refractivity contribution is 6.36. The fourth-order valence-electron chi connectivity index (χ4n) is 1.36. The van der Waals surface area contributed by atoms with Crippen molar-refractivity contribution in [1.29, 1.82) is 0 Å². The first-order valence-corrected chi connectivity index (χ1v) is 5.16. The molecule has 0 bridgehead atoms. The van der Waals surface area contributed by atoms with Gasteiger partial charge in [0.05, 0.1) is 10.0 Å². The molecule has 0 aliphatic carbocycles. The molecule has 0 spiro atoms. The van der Waals surface area contributed by atoms with Crippen molar-refractivity contribution in [3.63, 3.8) is 0 Å². The summed E-state index contributed by atoms with van der Waals surface area (Å²) in [4.78, 5) is 0. The molecule has 0 saturated heterocycles. The van der Waals surface area contributed by atoms with Crippen molar-refractivity contribution in [2.75, 3.05) is 0 Å². The van der Waals surface area contributed by atoms with E-state index in [4.69, 9.17) is 23.2 Å². The average Bonchev–Trinajstić information content (AvgIpc) is 2.19. The number of halogens is 4. The van der Waals surface area contributed by atoms with E-state index in [1.807, 2.05) is 0 Å². The first-order valence-electron chi connectivity index (χ1n) is 4.40. The molecule has 0 fully saturated rings. The van der Waals surface area contributed by atoms with E-state index >= 15 is 0 Å². The summed E-state index contributed by atoms with van der Waals surface area (Å²) in [6.07, 6.45) is 0. The predicted molar refractivity (Wildman–Crippen MR) is 60.7 cm³/mol. The maximum Gasteiger partial charge on any atom is 0.132 e. The van der Waals surface area contributed by atoms with E-state index in [9.17, 15) is 8.78 Å². The minimum Gasteiger partial charge on any atom is -0.207 e. The van der Waals surface area contributed by atoms with E-state index in [2.05, 4.69) is 6.07 Å². The molecular weight excluding hydrogens is 253 g/mol. The first-order chi connectivity index (χ1) is 7.58. The van der Waals surface area contributed by atoms with E-state index in [-0.39, 0.29) is 10.0 Å². The molecule has 1 radical (unpaired) electrons. The van der Waals surface area contributed by atoms with Gasteiger partial charge in [0.1, 0.15) is 11.6 Å². The lowest BCUT2D eigenvalue weighted by Crippen LogP contribution is -1.85. The molecule has 0 aliphatic heterocycles. The van der Waals surface area contributed by atoms with Crippen LogP contribution in [0, 0.1) is 17.7 Å². The second-order valence-electron chi connectivity index (χ2n) is 3.16. The molecule has 16 heavy (non-hydrogen) atoms. The molecule has 0 N–H and O–H groups in total. The van der Waals surface area contributed by atoms with Crippen molar-refractivity contribution in [2.24, 2.45) is 0 Å². The zero-order chi connectivity index (χ0) is 11.7. The standard InChI is InChI=1S/C12H5Cl2F2/c13-11-5-7(15)1-3-9(11)10-4-2-8(16)6-12(10)14/h1-5H. The smallest absolute Gasteiger partial charge is 0.132 e. The summed E-state index contributed by atoms with van der Waals surface area (Å²) in [5.41, 5.74) is 1.07. The number of benzene rings is 2. The van der Waals surface area contributed by atoms with Crippen LogP contribution in [0.5, 0.6) is 0 Å². The Balaban J connectivity index is 2.59. The van der Waals surface area contributed by atoms with Gasteiger partial charge in [0.15, 0.2) is 0 Å². The highest BCUT2D eigenvalue weighted by Crippen LogP contribution is 2.33. The van der Waals surface area contributed by atoms with Crippen LogP contribution in [0.1, 0.15) is 0 Å². The Hall–Kier alpha value is -1.12. The van der Waals surface area contributed by atoms with Crippen LogP contribution in [-0.4, -0.2) is 0 Å². The summed E-state index contributed by atoms with van der Waals surface area (Å²) >= 11 is 11.7. The van der Waals surface area contributed by atoms with Gasteiger partial charge in [-0.3, -0.25) is 0 Å². The van der Waals surface area contributed by atoms with E-state index in [0.29, 0.717) is 11.1 Å². The molecule has 0 saturated carbocycles. The van der Waals surface area contributed by atoms with Crippen molar-refractivity contribution < 1.29 is 8.78 Å². The van der Waals surface area contributed by atoms with Gasteiger partial charge in [-0.1, -0.05) is 23.2 Å². The Morgan fingerprint density at radius 2 is 1.62 bits per heavy atom. The van der Waals surface area contributed by atoms with Gasteiger partial charge < -0.3 is 0 Å². The molecule has 81 valence electrons. The highest BCUT2D eigenvalue weighted by atomic mass is 35.5. The minimum absolute atomic E-state index is 0.119. The van der Waals surface area contributed by atoms with Gasteiger partial charge in [0.25, 0.3) is 0 Å². The van der Waals surface area contributed by atoms with E-state index in [0.717, 1.165) is 0 Å². The van der Waals surface area contributed by atoms with Gasteiger partial charge in [-0.15, -0.1) is 0 Å². The molecule has 2 aromatic rings. The second-order valence-corrected chi connectivity index (χ2v) is 3.94. The third kappa shape index (κ3) is 2.18. The lowest BCUT2D eigenvalue weighted by atomic mass is 10.1. The van der Waals surface area contributed by atoms with Gasteiger partial charge in [-0.05, 0) is 30.3 Å². The van der Waals surface area contributed by atoms with Gasteiger partial charge >= 0.3 is 0 Å².